The Morgan fingerprint density at radius 1 is 1.10 bits per heavy atom. The molecule has 1 amide bonds. The number of aromatic nitrogens is 2. The van der Waals surface area contributed by atoms with Crippen molar-refractivity contribution in [1.82, 2.24) is 15.5 Å². The molecule has 0 radical (unpaired) electrons. The van der Waals surface area contributed by atoms with E-state index >= 15 is 0 Å². The lowest BCUT2D eigenvalue weighted by atomic mass is 9.78. The van der Waals surface area contributed by atoms with Crippen LogP contribution in [-0.2, 0) is 11.3 Å². The second-order valence-electron chi connectivity index (χ2n) is 8.05. The van der Waals surface area contributed by atoms with Gasteiger partial charge in [0.2, 0.25) is 17.6 Å². The van der Waals surface area contributed by atoms with Gasteiger partial charge in [0, 0.05) is 12.1 Å². The van der Waals surface area contributed by atoms with Gasteiger partial charge in [-0.15, -0.1) is 0 Å². The Kier molecular flexibility index (Phi) is 4.62. The Hall–Kier alpha value is -3.02. The van der Waals surface area contributed by atoms with Gasteiger partial charge in [-0.2, -0.15) is 4.98 Å². The highest BCUT2D eigenvalue weighted by atomic mass is 19.1. The van der Waals surface area contributed by atoms with Gasteiger partial charge in [0.1, 0.15) is 5.82 Å². The number of carbonyl (C=O) groups is 1. The van der Waals surface area contributed by atoms with Gasteiger partial charge in [0.05, 0.1) is 11.8 Å². The number of benzene rings is 2. The molecule has 0 unspecified atom stereocenters. The lowest BCUT2D eigenvalue weighted by Crippen LogP contribution is -2.37. The maximum Gasteiger partial charge on any atom is 0.231 e. The van der Waals surface area contributed by atoms with E-state index in [1.165, 1.54) is 12.1 Å². The molecule has 5 nitrogen and oxygen atoms in total. The number of fused-ring (bicyclic) bond motifs is 2. The number of nitrogens with zero attached hydrogens (tertiary/aromatic N) is 2. The number of hydrogen-bond acceptors (Lipinski definition) is 4. The molecule has 2 aromatic carbocycles. The molecule has 2 aliphatic carbocycles. The average Bonchev–Trinajstić information content (AvgIpc) is 3.48. The van der Waals surface area contributed by atoms with Crippen molar-refractivity contribution in [3.63, 3.8) is 0 Å². The van der Waals surface area contributed by atoms with Crippen LogP contribution in [0.3, 0.4) is 0 Å². The summed E-state index contributed by atoms with van der Waals surface area (Å²) in [6, 6.07) is 16.0. The molecule has 1 aromatic heterocycles. The van der Waals surface area contributed by atoms with Crippen molar-refractivity contribution in [3.8, 4) is 11.4 Å². The highest BCUT2D eigenvalue weighted by Gasteiger charge is 2.53. The maximum atomic E-state index is 13.4. The van der Waals surface area contributed by atoms with Gasteiger partial charge in [0.15, 0.2) is 0 Å². The van der Waals surface area contributed by atoms with Crippen LogP contribution in [0.5, 0.6) is 0 Å². The summed E-state index contributed by atoms with van der Waals surface area (Å²) in [5.41, 5.74) is 1.65. The largest absolute Gasteiger partial charge is 0.352 e. The zero-order valence-corrected chi connectivity index (χ0v) is 15.9. The van der Waals surface area contributed by atoms with E-state index in [-0.39, 0.29) is 23.6 Å². The van der Waals surface area contributed by atoms with E-state index in [4.69, 9.17) is 4.52 Å². The monoisotopic (exact) mass is 391 g/mol. The molecule has 6 heteroatoms. The van der Waals surface area contributed by atoms with Gasteiger partial charge >= 0.3 is 0 Å². The molecule has 2 fully saturated rings. The summed E-state index contributed by atoms with van der Waals surface area (Å²) in [4.78, 5) is 17.7. The highest BCUT2D eigenvalue weighted by Crippen LogP contribution is 2.56. The molecule has 1 N–H and O–H groups in total. The maximum absolute atomic E-state index is 13.4. The van der Waals surface area contributed by atoms with Crippen LogP contribution in [0.4, 0.5) is 4.39 Å². The van der Waals surface area contributed by atoms with Gasteiger partial charge in [-0.05, 0) is 48.8 Å². The summed E-state index contributed by atoms with van der Waals surface area (Å²) in [6.07, 6.45) is 3.16. The molecule has 2 aliphatic rings. The van der Waals surface area contributed by atoms with Crippen molar-refractivity contribution in [2.45, 2.75) is 31.7 Å². The molecule has 4 atom stereocenters. The van der Waals surface area contributed by atoms with Gasteiger partial charge in [-0.25, -0.2) is 4.39 Å². The van der Waals surface area contributed by atoms with Crippen LogP contribution in [0.25, 0.3) is 11.4 Å². The molecule has 148 valence electrons. The normalized spacial score (nSPS) is 25.3. The zero-order valence-electron chi connectivity index (χ0n) is 15.9. The molecule has 0 aliphatic heterocycles. The zero-order chi connectivity index (χ0) is 19.8. The first-order valence-electron chi connectivity index (χ1n) is 10.1. The van der Waals surface area contributed by atoms with Crippen molar-refractivity contribution in [2.75, 3.05) is 0 Å². The van der Waals surface area contributed by atoms with Gasteiger partial charge < -0.3 is 9.84 Å². The van der Waals surface area contributed by atoms with E-state index in [2.05, 4.69) is 15.5 Å². The van der Waals surface area contributed by atoms with Crippen molar-refractivity contribution in [1.29, 1.82) is 0 Å². The Morgan fingerprint density at radius 2 is 1.93 bits per heavy atom. The Balaban J connectivity index is 1.35. The quantitative estimate of drug-likeness (QED) is 0.703. The molecule has 0 saturated heterocycles. The number of hydrogen-bond donors (Lipinski definition) is 1. The number of amides is 1. The summed E-state index contributed by atoms with van der Waals surface area (Å²) in [6.45, 7) is 0.316. The minimum absolute atomic E-state index is 0.00841. The van der Waals surface area contributed by atoms with Crippen molar-refractivity contribution in [2.24, 2.45) is 17.8 Å². The minimum atomic E-state index is -0.297. The van der Waals surface area contributed by atoms with Crippen molar-refractivity contribution in [3.05, 3.63) is 71.9 Å². The Morgan fingerprint density at radius 3 is 2.76 bits per heavy atom. The summed E-state index contributed by atoms with van der Waals surface area (Å²) in [7, 11) is 0. The van der Waals surface area contributed by atoms with E-state index in [1.54, 1.807) is 6.07 Å². The van der Waals surface area contributed by atoms with Crippen LogP contribution in [0.15, 0.2) is 59.1 Å². The molecule has 2 bridgehead atoms. The predicted octanol–water partition coefficient (Wildman–Crippen LogP) is 4.32. The second-order valence-corrected chi connectivity index (χ2v) is 8.05. The average molecular weight is 391 g/mol. The molecule has 2 saturated carbocycles. The summed E-state index contributed by atoms with van der Waals surface area (Å²) >= 11 is 0. The van der Waals surface area contributed by atoms with Crippen LogP contribution >= 0.6 is 0 Å². The standard InChI is InChI=1S/C23H22FN3O2/c24-18-8-4-5-14(11-18)13-25-22(28)19-16-9-10-17(12-16)20(19)23-26-21(27-29-23)15-6-2-1-3-7-15/h1-8,11,16-17,19-20H,9-10,12-13H2,(H,25,28)/t16-,17+,19-,20-/m0/s1. The Bertz CT molecular complexity index is 1020. The van der Waals surface area contributed by atoms with Crippen LogP contribution in [0, 0.1) is 23.6 Å². The fraction of sp³-hybridized carbons (Fsp3) is 0.348. The van der Waals surface area contributed by atoms with Gasteiger partial charge in [-0.3, -0.25) is 4.79 Å². The smallest absolute Gasteiger partial charge is 0.231 e. The highest BCUT2D eigenvalue weighted by molar-refractivity contribution is 5.80. The van der Waals surface area contributed by atoms with Gasteiger partial charge in [0.25, 0.3) is 0 Å². The van der Waals surface area contributed by atoms with Crippen LogP contribution < -0.4 is 5.32 Å². The van der Waals surface area contributed by atoms with Gasteiger partial charge in [-0.1, -0.05) is 47.6 Å². The fourth-order valence-corrected chi connectivity index (χ4v) is 5.05. The van der Waals surface area contributed by atoms with Crippen LogP contribution in [0.2, 0.25) is 0 Å². The van der Waals surface area contributed by atoms with E-state index in [0.717, 1.165) is 30.4 Å². The first kappa shape index (κ1) is 18.0. The van der Waals surface area contributed by atoms with Crippen molar-refractivity contribution >= 4 is 5.91 Å². The summed E-state index contributed by atoms with van der Waals surface area (Å²) < 4.78 is 19.0. The number of carbonyl (C=O) groups excluding carboxylic acids is 1. The predicted molar refractivity (Wildman–Crippen MR) is 105 cm³/mol. The van der Waals surface area contributed by atoms with E-state index in [1.807, 2.05) is 36.4 Å². The topological polar surface area (TPSA) is 68.0 Å². The Labute approximate surface area is 168 Å². The molecular weight excluding hydrogens is 369 g/mol. The van der Waals surface area contributed by atoms with E-state index < -0.39 is 0 Å². The SMILES string of the molecule is O=C(NCc1cccc(F)c1)[C@H]1[C@H]2CC[C@H](C2)[C@@H]1c1nc(-c2ccccc2)no1. The summed E-state index contributed by atoms with van der Waals surface area (Å²) in [5.74, 6) is 1.32. The first-order valence-corrected chi connectivity index (χ1v) is 10.1. The molecule has 5 rings (SSSR count). The van der Waals surface area contributed by atoms with E-state index in [0.29, 0.717) is 30.1 Å². The molecule has 29 heavy (non-hydrogen) atoms. The fourth-order valence-electron chi connectivity index (χ4n) is 5.05. The second kappa shape index (κ2) is 7.43. The van der Waals surface area contributed by atoms with Crippen molar-refractivity contribution < 1.29 is 13.7 Å². The third kappa shape index (κ3) is 3.43. The first-order chi connectivity index (χ1) is 14.2. The molecule has 0 spiro atoms. The number of rotatable bonds is 5. The number of halogens is 1. The number of nitrogens with one attached hydrogen (secondary N) is 1. The minimum Gasteiger partial charge on any atom is -0.352 e. The van der Waals surface area contributed by atoms with Crippen LogP contribution in [0.1, 0.15) is 36.6 Å². The lowest BCUT2D eigenvalue weighted by molar-refractivity contribution is -0.127. The van der Waals surface area contributed by atoms with E-state index in [9.17, 15) is 9.18 Å². The molecule has 1 heterocycles. The molecule has 3 aromatic rings. The third-order valence-corrected chi connectivity index (χ3v) is 6.33. The van der Waals surface area contributed by atoms with Crippen LogP contribution in [-0.4, -0.2) is 16.0 Å². The lowest BCUT2D eigenvalue weighted by Gasteiger charge is -2.27. The third-order valence-electron chi connectivity index (χ3n) is 6.33. The summed E-state index contributed by atoms with van der Waals surface area (Å²) in [5, 5.41) is 7.15. The molecular formula is C23H22FN3O2.